The van der Waals surface area contributed by atoms with Crippen LogP contribution >= 0.6 is 0 Å². The first kappa shape index (κ1) is 13.7. The van der Waals surface area contributed by atoms with Crippen LogP contribution in [0.5, 0.6) is 0 Å². The lowest BCUT2D eigenvalue weighted by Gasteiger charge is -2.08. The Hall–Kier alpha value is -1.77. The SMILES string of the molecule is CCCCCCNc1cccc(Cn2cccn2)c1. The van der Waals surface area contributed by atoms with E-state index in [2.05, 4.69) is 41.6 Å². The third-order valence-corrected chi connectivity index (χ3v) is 3.19. The van der Waals surface area contributed by atoms with Gasteiger partial charge in [0.15, 0.2) is 0 Å². The Bertz CT molecular complexity index is 463. The van der Waals surface area contributed by atoms with Crippen molar-refractivity contribution in [3.63, 3.8) is 0 Å². The largest absolute Gasteiger partial charge is 0.385 e. The number of rotatable bonds is 8. The van der Waals surface area contributed by atoms with Gasteiger partial charge in [0, 0.05) is 24.6 Å². The fourth-order valence-electron chi connectivity index (χ4n) is 2.15. The van der Waals surface area contributed by atoms with Gasteiger partial charge in [-0.25, -0.2) is 0 Å². The smallest absolute Gasteiger partial charge is 0.0660 e. The Morgan fingerprint density at radius 1 is 1.16 bits per heavy atom. The molecule has 1 aromatic carbocycles. The van der Waals surface area contributed by atoms with Crippen molar-refractivity contribution in [1.29, 1.82) is 0 Å². The summed E-state index contributed by atoms with van der Waals surface area (Å²) in [7, 11) is 0. The molecule has 0 unspecified atom stereocenters. The number of nitrogens with one attached hydrogen (secondary N) is 1. The van der Waals surface area contributed by atoms with E-state index >= 15 is 0 Å². The Labute approximate surface area is 115 Å². The maximum absolute atomic E-state index is 4.23. The molecule has 102 valence electrons. The molecule has 0 aliphatic heterocycles. The summed E-state index contributed by atoms with van der Waals surface area (Å²) < 4.78 is 1.94. The average molecular weight is 257 g/mol. The second-order valence-corrected chi connectivity index (χ2v) is 4.89. The Morgan fingerprint density at radius 2 is 2.11 bits per heavy atom. The number of hydrogen-bond acceptors (Lipinski definition) is 2. The van der Waals surface area contributed by atoms with Crippen LogP contribution in [0, 0.1) is 0 Å². The number of hydrogen-bond donors (Lipinski definition) is 1. The summed E-state index contributed by atoms with van der Waals surface area (Å²) in [5, 5.41) is 7.73. The zero-order valence-electron chi connectivity index (χ0n) is 11.7. The molecule has 0 aliphatic rings. The van der Waals surface area contributed by atoms with Crippen LogP contribution in [0.3, 0.4) is 0 Å². The molecular weight excluding hydrogens is 234 g/mol. The lowest BCUT2D eigenvalue weighted by Crippen LogP contribution is -2.03. The van der Waals surface area contributed by atoms with E-state index in [9.17, 15) is 0 Å². The van der Waals surface area contributed by atoms with Gasteiger partial charge in [-0.1, -0.05) is 38.3 Å². The van der Waals surface area contributed by atoms with Gasteiger partial charge in [-0.3, -0.25) is 4.68 Å². The molecule has 0 bridgehead atoms. The van der Waals surface area contributed by atoms with E-state index in [-0.39, 0.29) is 0 Å². The lowest BCUT2D eigenvalue weighted by molar-refractivity contribution is 0.683. The van der Waals surface area contributed by atoms with Crippen LogP contribution in [-0.4, -0.2) is 16.3 Å². The molecule has 1 heterocycles. The lowest BCUT2D eigenvalue weighted by atomic mass is 10.2. The van der Waals surface area contributed by atoms with Crippen molar-refractivity contribution in [2.75, 3.05) is 11.9 Å². The molecule has 2 aromatic rings. The molecule has 0 saturated heterocycles. The molecule has 1 N–H and O–H groups in total. The average Bonchev–Trinajstić information content (AvgIpc) is 2.92. The van der Waals surface area contributed by atoms with Crippen LogP contribution in [0.2, 0.25) is 0 Å². The third-order valence-electron chi connectivity index (χ3n) is 3.19. The van der Waals surface area contributed by atoms with Gasteiger partial charge in [-0.05, 0) is 30.2 Å². The van der Waals surface area contributed by atoms with Crippen LogP contribution in [0.1, 0.15) is 38.2 Å². The summed E-state index contributed by atoms with van der Waals surface area (Å²) in [6.07, 6.45) is 8.99. The van der Waals surface area contributed by atoms with Crippen LogP contribution in [-0.2, 0) is 6.54 Å². The van der Waals surface area contributed by atoms with Crippen molar-refractivity contribution in [2.45, 2.75) is 39.2 Å². The van der Waals surface area contributed by atoms with E-state index in [0.717, 1.165) is 13.1 Å². The van der Waals surface area contributed by atoms with Gasteiger partial charge >= 0.3 is 0 Å². The minimum Gasteiger partial charge on any atom is -0.385 e. The van der Waals surface area contributed by atoms with Crippen LogP contribution in [0.4, 0.5) is 5.69 Å². The maximum Gasteiger partial charge on any atom is 0.0660 e. The van der Waals surface area contributed by atoms with Crippen molar-refractivity contribution in [3.05, 3.63) is 48.3 Å². The first-order valence-electron chi connectivity index (χ1n) is 7.18. The van der Waals surface area contributed by atoms with Gasteiger partial charge in [-0.15, -0.1) is 0 Å². The zero-order chi connectivity index (χ0) is 13.3. The highest BCUT2D eigenvalue weighted by atomic mass is 15.3. The molecule has 0 radical (unpaired) electrons. The van der Waals surface area contributed by atoms with Crippen LogP contribution in [0.15, 0.2) is 42.7 Å². The highest BCUT2D eigenvalue weighted by molar-refractivity contribution is 5.45. The molecule has 19 heavy (non-hydrogen) atoms. The summed E-state index contributed by atoms with van der Waals surface area (Å²) in [6, 6.07) is 10.5. The van der Waals surface area contributed by atoms with Gasteiger partial charge in [0.2, 0.25) is 0 Å². The minimum atomic E-state index is 0.832. The maximum atomic E-state index is 4.23. The molecule has 3 heteroatoms. The standard InChI is InChI=1S/C16H23N3/c1-2-3-4-5-10-17-16-9-6-8-15(13-16)14-19-12-7-11-18-19/h6-9,11-13,17H,2-5,10,14H2,1H3. The fourth-order valence-corrected chi connectivity index (χ4v) is 2.15. The second kappa shape index (κ2) is 7.62. The van der Waals surface area contributed by atoms with Crippen LogP contribution < -0.4 is 5.32 Å². The summed E-state index contributed by atoms with van der Waals surface area (Å²) in [5.74, 6) is 0. The molecule has 0 spiro atoms. The highest BCUT2D eigenvalue weighted by Gasteiger charge is 1.97. The van der Waals surface area contributed by atoms with Crippen molar-refractivity contribution in [3.8, 4) is 0 Å². The quantitative estimate of drug-likeness (QED) is 0.726. The van der Waals surface area contributed by atoms with E-state index in [1.807, 2.05) is 23.1 Å². The normalized spacial score (nSPS) is 10.6. The van der Waals surface area contributed by atoms with Crippen molar-refractivity contribution in [2.24, 2.45) is 0 Å². The first-order chi connectivity index (χ1) is 9.38. The van der Waals surface area contributed by atoms with E-state index in [4.69, 9.17) is 0 Å². The predicted octanol–water partition coefficient (Wildman–Crippen LogP) is 3.92. The van der Waals surface area contributed by atoms with E-state index in [0.29, 0.717) is 0 Å². The first-order valence-corrected chi connectivity index (χ1v) is 7.18. The van der Waals surface area contributed by atoms with Crippen molar-refractivity contribution < 1.29 is 0 Å². The number of unbranched alkanes of at least 4 members (excludes halogenated alkanes) is 3. The topological polar surface area (TPSA) is 29.9 Å². The minimum absolute atomic E-state index is 0.832. The van der Waals surface area contributed by atoms with Gasteiger partial charge in [0.25, 0.3) is 0 Å². The number of benzene rings is 1. The molecule has 0 saturated carbocycles. The van der Waals surface area contributed by atoms with Gasteiger partial charge in [-0.2, -0.15) is 5.10 Å². The molecule has 0 atom stereocenters. The Balaban J connectivity index is 1.81. The summed E-state index contributed by atoms with van der Waals surface area (Å²) >= 11 is 0. The number of anilines is 1. The highest BCUT2D eigenvalue weighted by Crippen LogP contribution is 2.12. The second-order valence-electron chi connectivity index (χ2n) is 4.89. The van der Waals surface area contributed by atoms with Gasteiger partial charge in [0.05, 0.1) is 6.54 Å². The monoisotopic (exact) mass is 257 g/mol. The zero-order valence-corrected chi connectivity index (χ0v) is 11.7. The summed E-state index contributed by atoms with van der Waals surface area (Å²) in [4.78, 5) is 0. The van der Waals surface area contributed by atoms with Gasteiger partial charge in [0.1, 0.15) is 0 Å². The summed E-state index contributed by atoms with van der Waals surface area (Å²) in [5.41, 5.74) is 2.49. The molecular formula is C16H23N3. The molecule has 0 aliphatic carbocycles. The van der Waals surface area contributed by atoms with E-state index in [1.54, 1.807) is 0 Å². The molecule has 3 nitrogen and oxygen atoms in total. The van der Waals surface area contributed by atoms with Gasteiger partial charge < -0.3 is 5.32 Å². The molecule has 0 amide bonds. The van der Waals surface area contributed by atoms with E-state index in [1.165, 1.54) is 36.9 Å². The van der Waals surface area contributed by atoms with Crippen molar-refractivity contribution >= 4 is 5.69 Å². The fraction of sp³-hybridized carbons (Fsp3) is 0.438. The summed E-state index contributed by atoms with van der Waals surface area (Å²) in [6.45, 7) is 4.13. The number of aromatic nitrogens is 2. The Morgan fingerprint density at radius 3 is 2.89 bits per heavy atom. The molecule has 2 rings (SSSR count). The Kier molecular flexibility index (Phi) is 5.48. The van der Waals surface area contributed by atoms with Crippen LogP contribution in [0.25, 0.3) is 0 Å². The molecule has 0 fully saturated rings. The van der Waals surface area contributed by atoms with E-state index < -0.39 is 0 Å². The number of nitrogens with zero attached hydrogens (tertiary/aromatic N) is 2. The van der Waals surface area contributed by atoms with Crippen molar-refractivity contribution in [1.82, 2.24) is 9.78 Å². The molecule has 1 aromatic heterocycles. The third kappa shape index (κ3) is 4.78. The predicted molar refractivity (Wildman–Crippen MR) is 80.4 cm³/mol.